The second-order valence-electron chi connectivity index (χ2n) is 8.00. The van der Waals surface area contributed by atoms with E-state index in [1.165, 1.54) is 12.3 Å². The van der Waals surface area contributed by atoms with Crippen molar-refractivity contribution in [2.45, 2.75) is 38.4 Å². The lowest BCUT2D eigenvalue weighted by Crippen LogP contribution is -2.29. The van der Waals surface area contributed by atoms with Crippen LogP contribution in [0.3, 0.4) is 0 Å². The molecular formula is C23H23F3N4O3. The molecule has 33 heavy (non-hydrogen) atoms. The van der Waals surface area contributed by atoms with Crippen LogP contribution >= 0.6 is 0 Å². The number of aromatic amines is 1. The summed E-state index contributed by atoms with van der Waals surface area (Å²) in [6, 6.07) is 8.15. The zero-order chi connectivity index (χ0) is 23.4. The molecule has 3 N–H and O–H groups in total. The normalized spacial score (nSPS) is 14.4. The third-order valence-corrected chi connectivity index (χ3v) is 5.66. The van der Waals surface area contributed by atoms with Crippen molar-refractivity contribution in [3.05, 3.63) is 64.2 Å². The van der Waals surface area contributed by atoms with Gasteiger partial charge in [0.2, 0.25) is 5.88 Å². The van der Waals surface area contributed by atoms with E-state index in [1.54, 1.807) is 24.3 Å². The highest BCUT2D eigenvalue weighted by atomic mass is 19.4. The van der Waals surface area contributed by atoms with Crippen LogP contribution in [0.2, 0.25) is 0 Å². The number of urea groups is 1. The molecule has 1 fully saturated rings. The Hall–Kier alpha value is -3.56. The molecule has 0 radical (unpaired) electrons. The Bertz CT molecular complexity index is 1200. The van der Waals surface area contributed by atoms with Crippen molar-refractivity contribution in [1.82, 2.24) is 15.3 Å². The fourth-order valence-corrected chi connectivity index (χ4v) is 3.93. The molecule has 3 aromatic rings. The van der Waals surface area contributed by atoms with Gasteiger partial charge >= 0.3 is 12.2 Å². The highest BCUT2D eigenvalue weighted by Crippen LogP contribution is 2.31. The second kappa shape index (κ2) is 9.51. The van der Waals surface area contributed by atoms with E-state index < -0.39 is 17.9 Å². The molecule has 1 saturated carbocycles. The fraction of sp³-hybridized carbons (Fsp3) is 0.348. The lowest BCUT2D eigenvalue weighted by atomic mass is 10.1. The minimum absolute atomic E-state index is 0.0810. The first kappa shape index (κ1) is 22.6. The van der Waals surface area contributed by atoms with Gasteiger partial charge in [-0.25, -0.2) is 9.78 Å². The van der Waals surface area contributed by atoms with Gasteiger partial charge in [0.25, 0.3) is 5.56 Å². The van der Waals surface area contributed by atoms with Crippen molar-refractivity contribution < 1.29 is 22.7 Å². The number of amides is 2. The number of fused-ring (bicyclic) bond motifs is 1. The highest BCUT2D eigenvalue weighted by Gasteiger charge is 2.33. The van der Waals surface area contributed by atoms with Crippen LogP contribution in [0.4, 0.5) is 23.7 Å². The van der Waals surface area contributed by atoms with Crippen molar-refractivity contribution in [1.29, 1.82) is 0 Å². The quantitative estimate of drug-likeness (QED) is 0.491. The number of alkyl halides is 3. The number of rotatable bonds is 6. The van der Waals surface area contributed by atoms with E-state index in [1.807, 2.05) is 0 Å². The van der Waals surface area contributed by atoms with Crippen molar-refractivity contribution >= 4 is 22.5 Å². The minimum atomic E-state index is -4.60. The van der Waals surface area contributed by atoms with Crippen LogP contribution < -0.4 is 20.9 Å². The molecule has 2 heterocycles. The van der Waals surface area contributed by atoms with Gasteiger partial charge in [-0.15, -0.1) is 0 Å². The SMILES string of the molecule is O=C(NCc1ccc(C(F)(F)F)nc1OCC1CCCC1)Nc1cccc2c(=O)[nH]ccc12. The monoisotopic (exact) mass is 460 g/mol. The van der Waals surface area contributed by atoms with E-state index >= 15 is 0 Å². The summed E-state index contributed by atoms with van der Waals surface area (Å²) in [5.74, 6) is 0.161. The van der Waals surface area contributed by atoms with E-state index in [2.05, 4.69) is 20.6 Å². The summed E-state index contributed by atoms with van der Waals surface area (Å²) >= 11 is 0. The average molecular weight is 460 g/mol. The zero-order valence-electron chi connectivity index (χ0n) is 17.7. The van der Waals surface area contributed by atoms with Crippen molar-refractivity contribution in [2.24, 2.45) is 5.92 Å². The Balaban J connectivity index is 1.47. The van der Waals surface area contributed by atoms with Gasteiger partial charge in [0.15, 0.2) is 0 Å². The van der Waals surface area contributed by atoms with E-state index in [9.17, 15) is 22.8 Å². The van der Waals surface area contributed by atoms with Gasteiger partial charge in [-0.1, -0.05) is 18.9 Å². The van der Waals surface area contributed by atoms with Gasteiger partial charge in [-0.2, -0.15) is 13.2 Å². The molecule has 2 aromatic heterocycles. The molecule has 0 spiro atoms. The maximum Gasteiger partial charge on any atom is 0.433 e. The van der Waals surface area contributed by atoms with E-state index in [4.69, 9.17) is 4.74 Å². The van der Waals surface area contributed by atoms with Crippen molar-refractivity contribution in [2.75, 3.05) is 11.9 Å². The van der Waals surface area contributed by atoms with Gasteiger partial charge < -0.3 is 20.4 Å². The maximum atomic E-state index is 13.1. The summed E-state index contributed by atoms with van der Waals surface area (Å²) in [6.07, 6.45) is 1.000. The number of anilines is 1. The first-order chi connectivity index (χ1) is 15.8. The molecule has 2 amide bonds. The number of carbonyl (C=O) groups excluding carboxylic acids is 1. The Morgan fingerprint density at radius 1 is 1.12 bits per heavy atom. The molecule has 0 atom stereocenters. The van der Waals surface area contributed by atoms with Crippen molar-refractivity contribution in [3.63, 3.8) is 0 Å². The van der Waals surface area contributed by atoms with Crippen LogP contribution in [-0.4, -0.2) is 22.6 Å². The third kappa shape index (κ3) is 5.44. The Kier molecular flexibility index (Phi) is 6.52. The van der Waals surface area contributed by atoms with E-state index in [0.29, 0.717) is 27.9 Å². The van der Waals surface area contributed by atoms with Crippen LogP contribution in [0.15, 0.2) is 47.4 Å². The average Bonchev–Trinajstić information content (AvgIpc) is 3.30. The van der Waals surface area contributed by atoms with Crippen molar-refractivity contribution in [3.8, 4) is 5.88 Å². The standard InChI is InChI=1S/C23H23F3N4O3/c24-23(25,26)19-9-8-15(21(30-19)33-13-14-4-1-2-5-14)12-28-22(32)29-18-7-3-6-17-16(18)10-11-27-20(17)31/h3,6-11,14H,1-2,4-5,12-13H2,(H,27,31)(H2,28,29,32). The first-order valence-electron chi connectivity index (χ1n) is 10.7. The van der Waals surface area contributed by atoms with Gasteiger partial charge in [-0.05, 0) is 49.1 Å². The zero-order valence-corrected chi connectivity index (χ0v) is 17.7. The lowest BCUT2D eigenvalue weighted by Gasteiger charge is -2.16. The highest BCUT2D eigenvalue weighted by molar-refractivity contribution is 6.01. The predicted molar refractivity (Wildman–Crippen MR) is 117 cm³/mol. The summed E-state index contributed by atoms with van der Waals surface area (Å²) in [4.78, 5) is 30.6. The number of hydrogen-bond acceptors (Lipinski definition) is 4. The summed E-state index contributed by atoms with van der Waals surface area (Å²) in [7, 11) is 0. The number of H-pyrrole nitrogens is 1. The van der Waals surface area contributed by atoms with Gasteiger partial charge in [0.05, 0.1) is 12.3 Å². The molecule has 0 bridgehead atoms. The molecule has 1 aliphatic carbocycles. The summed E-state index contributed by atoms with van der Waals surface area (Å²) in [6.45, 7) is 0.209. The Labute approximate surface area is 187 Å². The number of pyridine rings is 2. The van der Waals surface area contributed by atoms with E-state index in [0.717, 1.165) is 31.7 Å². The van der Waals surface area contributed by atoms with Gasteiger partial charge in [-0.3, -0.25) is 4.79 Å². The van der Waals surface area contributed by atoms with Crippen LogP contribution in [0.1, 0.15) is 36.9 Å². The molecule has 10 heteroatoms. The first-order valence-corrected chi connectivity index (χ1v) is 10.7. The molecule has 7 nitrogen and oxygen atoms in total. The molecule has 1 aromatic carbocycles. The predicted octanol–water partition coefficient (Wildman–Crippen LogP) is 4.83. The fourth-order valence-electron chi connectivity index (χ4n) is 3.93. The number of benzene rings is 1. The van der Waals surface area contributed by atoms with Gasteiger partial charge in [0, 0.05) is 29.1 Å². The largest absolute Gasteiger partial charge is 0.477 e. The molecule has 174 valence electrons. The third-order valence-electron chi connectivity index (χ3n) is 5.66. The number of carbonyl (C=O) groups is 1. The number of ether oxygens (including phenoxy) is 1. The summed E-state index contributed by atoms with van der Waals surface area (Å²) < 4.78 is 45.1. The second-order valence-corrected chi connectivity index (χ2v) is 8.00. The number of hydrogen-bond donors (Lipinski definition) is 3. The smallest absolute Gasteiger partial charge is 0.433 e. The minimum Gasteiger partial charge on any atom is -0.477 e. The topological polar surface area (TPSA) is 96.1 Å². The Morgan fingerprint density at radius 3 is 2.67 bits per heavy atom. The molecular weight excluding hydrogens is 437 g/mol. The molecule has 0 aliphatic heterocycles. The van der Waals surface area contributed by atoms with Gasteiger partial charge in [0.1, 0.15) is 5.69 Å². The van der Waals surface area contributed by atoms with E-state index in [-0.39, 0.29) is 24.6 Å². The summed E-state index contributed by atoms with van der Waals surface area (Å²) in [5, 5.41) is 6.27. The number of nitrogens with one attached hydrogen (secondary N) is 3. The molecule has 0 saturated heterocycles. The lowest BCUT2D eigenvalue weighted by molar-refractivity contribution is -0.141. The molecule has 0 unspecified atom stereocenters. The number of aromatic nitrogens is 2. The summed E-state index contributed by atoms with van der Waals surface area (Å²) in [5.41, 5.74) is -0.556. The maximum absolute atomic E-state index is 13.1. The molecule has 1 aliphatic rings. The van der Waals surface area contributed by atoms with Crippen LogP contribution in [-0.2, 0) is 12.7 Å². The van der Waals surface area contributed by atoms with Crippen LogP contribution in [0, 0.1) is 5.92 Å². The van der Waals surface area contributed by atoms with Crippen LogP contribution in [0.5, 0.6) is 5.88 Å². The Morgan fingerprint density at radius 2 is 1.91 bits per heavy atom. The molecule has 4 rings (SSSR count). The van der Waals surface area contributed by atoms with Crippen LogP contribution in [0.25, 0.3) is 10.8 Å². The number of nitrogens with zero attached hydrogens (tertiary/aromatic N) is 1. The number of halogens is 3.